The zero-order valence-electron chi connectivity index (χ0n) is 10.8. The fourth-order valence-corrected chi connectivity index (χ4v) is 1.83. The van der Waals surface area contributed by atoms with E-state index in [2.05, 4.69) is 4.74 Å². The van der Waals surface area contributed by atoms with Gasteiger partial charge in [0.25, 0.3) is 0 Å². The van der Waals surface area contributed by atoms with Crippen LogP contribution in [0.3, 0.4) is 0 Å². The minimum Gasteiger partial charge on any atom is -0.465 e. The molecular weight excluding hydrogens is 269 g/mol. The highest BCUT2D eigenvalue weighted by atomic mass is 19.2. The summed E-state index contributed by atoms with van der Waals surface area (Å²) in [5, 5.41) is 0. The molecule has 2 nitrogen and oxygen atoms in total. The maximum Gasteiger partial charge on any atom is 0.343 e. The number of carbonyl (C=O) groups is 1. The van der Waals surface area contributed by atoms with E-state index in [1.54, 1.807) is 24.3 Å². The average molecular weight is 280 g/mol. The van der Waals surface area contributed by atoms with Gasteiger partial charge in [-0.2, -0.15) is 0 Å². The van der Waals surface area contributed by atoms with Crippen molar-refractivity contribution < 1.29 is 22.7 Å². The number of aryl methyl sites for hydroxylation is 1. The third-order valence-electron chi connectivity index (χ3n) is 2.91. The van der Waals surface area contributed by atoms with E-state index in [-0.39, 0.29) is 5.56 Å². The van der Waals surface area contributed by atoms with E-state index in [9.17, 15) is 18.0 Å². The zero-order chi connectivity index (χ0) is 14.9. The van der Waals surface area contributed by atoms with Gasteiger partial charge in [-0.3, -0.25) is 0 Å². The van der Waals surface area contributed by atoms with Crippen molar-refractivity contribution in [1.29, 1.82) is 0 Å². The first kappa shape index (κ1) is 14.1. The van der Waals surface area contributed by atoms with E-state index in [0.717, 1.165) is 18.7 Å². The molecule has 0 bridgehead atoms. The fourth-order valence-electron chi connectivity index (χ4n) is 1.83. The number of methoxy groups -OCH3 is 1. The molecule has 0 saturated heterocycles. The van der Waals surface area contributed by atoms with Gasteiger partial charge >= 0.3 is 5.97 Å². The monoisotopic (exact) mass is 280 g/mol. The molecule has 104 valence electrons. The Morgan fingerprint density at radius 3 is 2.20 bits per heavy atom. The van der Waals surface area contributed by atoms with Crippen LogP contribution in [0.2, 0.25) is 0 Å². The summed E-state index contributed by atoms with van der Waals surface area (Å²) in [6.07, 6.45) is 0. The first-order chi connectivity index (χ1) is 9.45. The number of halogens is 3. The third-order valence-corrected chi connectivity index (χ3v) is 2.91. The molecule has 5 heteroatoms. The van der Waals surface area contributed by atoms with Crippen LogP contribution < -0.4 is 0 Å². The van der Waals surface area contributed by atoms with Crippen molar-refractivity contribution in [2.45, 2.75) is 6.92 Å². The maximum absolute atomic E-state index is 14.0. The van der Waals surface area contributed by atoms with Crippen LogP contribution in [0.25, 0.3) is 11.1 Å². The molecule has 0 aliphatic heterocycles. The number of esters is 1. The zero-order valence-corrected chi connectivity index (χ0v) is 10.8. The van der Waals surface area contributed by atoms with Gasteiger partial charge in [-0.25, -0.2) is 18.0 Å². The van der Waals surface area contributed by atoms with Crippen molar-refractivity contribution in [2.24, 2.45) is 0 Å². The lowest BCUT2D eigenvalue weighted by atomic mass is 10.0. The van der Waals surface area contributed by atoms with Crippen molar-refractivity contribution in [3.63, 3.8) is 0 Å². The molecule has 2 aromatic carbocycles. The normalized spacial score (nSPS) is 10.4. The van der Waals surface area contributed by atoms with Crippen LogP contribution in [0, 0.1) is 24.4 Å². The summed E-state index contributed by atoms with van der Waals surface area (Å²) < 4.78 is 45.8. The van der Waals surface area contributed by atoms with E-state index < -0.39 is 29.0 Å². The van der Waals surface area contributed by atoms with Gasteiger partial charge in [-0.1, -0.05) is 29.8 Å². The molecule has 0 atom stereocenters. The first-order valence-electron chi connectivity index (χ1n) is 5.78. The summed E-state index contributed by atoms with van der Waals surface area (Å²) >= 11 is 0. The molecule has 0 amide bonds. The molecule has 0 N–H and O–H groups in total. The van der Waals surface area contributed by atoms with Gasteiger partial charge in [0.05, 0.1) is 7.11 Å². The van der Waals surface area contributed by atoms with Crippen LogP contribution in [-0.2, 0) is 4.74 Å². The molecule has 0 spiro atoms. The number of carbonyl (C=O) groups excluding carboxylic acids is 1. The first-order valence-corrected chi connectivity index (χ1v) is 5.78. The highest BCUT2D eigenvalue weighted by molar-refractivity contribution is 5.90. The Hall–Kier alpha value is -2.30. The van der Waals surface area contributed by atoms with Gasteiger partial charge in [0.2, 0.25) is 0 Å². The lowest BCUT2D eigenvalue weighted by Gasteiger charge is -2.09. The summed E-state index contributed by atoms with van der Waals surface area (Å²) in [4.78, 5) is 11.2. The standard InChI is InChI=1S/C15H11F3O2/c1-8-3-5-9(6-4-8)10-7-11(16)12(15(19)20-2)14(18)13(10)17/h3-7H,1-2H3. The van der Waals surface area contributed by atoms with Gasteiger partial charge in [-0.15, -0.1) is 0 Å². The maximum atomic E-state index is 14.0. The van der Waals surface area contributed by atoms with Crippen molar-refractivity contribution in [3.05, 3.63) is 58.9 Å². The van der Waals surface area contributed by atoms with Gasteiger partial charge < -0.3 is 4.74 Å². The van der Waals surface area contributed by atoms with Crippen LogP contribution in [0.15, 0.2) is 30.3 Å². The summed E-state index contributed by atoms with van der Waals surface area (Å²) in [7, 11) is 0.965. The molecule has 0 saturated carbocycles. The summed E-state index contributed by atoms with van der Waals surface area (Å²) in [5.74, 6) is -5.25. The van der Waals surface area contributed by atoms with Gasteiger partial charge in [-0.05, 0) is 18.6 Å². The molecule has 0 unspecified atom stereocenters. The van der Waals surface area contributed by atoms with E-state index in [1.807, 2.05) is 6.92 Å². The van der Waals surface area contributed by atoms with Crippen LogP contribution in [0.4, 0.5) is 13.2 Å². The second kappa shape index (κ2) is 5.36. The highest BCUT2D eigenvalue weighted by Crippen LogP contribution is 2.29. The Bertz CT molecular complexity index is 664. The van der Waals surface area contributed by atoms with Crippen molar-refractivity contribution in [1.82, 2.24) is 0 Å². The molecule has 0 aliphatic carbocycles. The second-order valence-corrected chi connectivity index (χ2v) is 4.27. The summed E-state index contributed by atoms with van der Waals surface area (Å²) in [6, 6.07) is 7.27. The number of hydrogen-bond acceptors (Lipinski definition) is 2. The molecule has 20 heavy (non-hydrogen) atoms. The number of benzene rings is 2. The lowest BCUT2D eigenvalue weighted by Crippen LogP contribution is -2.10. The van der Waals surface area contributed by atoms with Gasteiger partial charge in [0.15, 0.2) is 11.6 Å². The van der Waals surface area contributed by atoms with E-state index >= 15 is 0 Å². The van der Waals surface area contributed by atoms with Crippen molar-refractivity contribution in [3.8, 4) is 11.1 Å². The lowest BCUT2D eigenvalue weighted by molar-refractivity contribution is 0.0588. The SMILES string of the molecule is COC(=O)c1c(F)cc(-c2ccc(C)cc2)c(F)c1F. The van der Waals surface area contributed by atoms with Crippen LogP contribution in [0.5, 0.6) is 0 Å². The predicted octanol–water partition coefficient (Wildman–Crippen LogP) is 3.87. The number of rotatable bonds is 2. The van der Waals surface area contributed by atoms with E-state index in [0.29, 0.717) is 5.56 Å². The molecular formula is C15H11F3O2. The largest absolute Gasteiger partial charge is 0.465 e. The van der Waals surface area contributed by atoms with E-state index in [4.69, 9.17) is 0 Å². The third kappa shape index (κ3) is 2.39. The molecule has 0 fully saturated rings. The Morgan fingerprint density at radius 1 is 1.05 bits per heavy atom. The van der Waals surface area contributed by atoms with Crippen LogP contribution in [0.1, 0.15) is 15.9 Å². The Kier molecular flexibility index (Phi) is 3.79. The molecule has 2 aromatic rings. The Morgan fingerprint density at radius 2 is 1.65 bits per heavy atom. The average Bonchev–Trinajstić information content (AvgIpc) is 2.43. The second-order valence-electron chi connectivity index (χ2n) is 4.27. The minimum absolute atomic E-state index is 0.243. The van der Waals surface area contributed by atoms with Gasteiger partial charge in [0, 0.05) is 5.56 Å². The van der Waals surface area contributed by atoms with Gasteiger partial charge in [0.1, 0.15) is 11.4 Å². The molecule has 0 heterocycles. The molecule has 0 aliphatic rings. The fraction of sp³-hybridized carbons (Fsp3) is 0.133. The number of hydrogen-bond donors (Lipinski definition) is 0. The number of ether oxygens (including phenoxy) is 1. The molecule has 0 radical (unpaired) electrons. The Balaban J connectivity index is 2.63. The minimum atomic E-state index is -1.55. The molecule has 0 aromatic heterocycles. The summed E-state index contributed by atoms with van der Waals surface area (Å²) in [6.45, 7) is 1.83. The van der Waals surface area contributed by atoms with Crippen LogP contribution >= 0.6 is 0 Å². The smallest absolute Gasteiger partial charge is 0.343 e. The van der Waals surface area contributed by atoms with Crippen molar-refractivity contribution in [2.75, 3.05) is 7.11 Å². The topological polar surface area (TPSA) is 26.3 Å². The van der Waals surface area contributed by atoms with Crippen LogP contribution in [-0.4, -0.2) is 13.1 Å². The molecule has 2 rings (SSSR count). The van der Waals surface area contributed by atoms with Crippen molar-refractivity contribution >= 4 is 5.97 Å². The highest BCUT2D eigenvalue weighted by Gasteiger charge is 2.25. The summed E-state index contributed by atoms with van der Waals surface area (Å²) in [5.41, 5.74) is -0.0166. The predicted molar refractivity (Wildman–Crippen MR) is 67.8 cm³/mol. The Labute approximate surface area is 113 Å². The van der Waals surface area contributed by atoms with E-state index in [1.165, 1.54) is 0 Å². The quantitative estimate of drug-likeness (QED) is 0.616.